The number of aliphatic imine (C=N–C) groups is 1. The number of nitrogens with two attached hydrogens (primary N) is 1. The van der Waals surface area contributed by atoms with E-state index in [0.29, 0.717) is 11.6 Å². The first kappa shape index (κ1) is 24.8. The number of hydrogen-bond acceptors (Lipinski definition) is 8. The highest BCUT2D eigenvalue weighted by molar-refractivity contribution is 8.25. The van der Waals surface area contributed by atoms with Crippen LogP contribution in [-0.4, -0.2) is 74.9 Å². The van der Waals surface area contributed by atoms with Crippen LogP contribution < -0.4 is 10.5 Å². The Morgan fingerprint density at radius 3 is 2.62 bits per heavy atom. The van der Waals surface area contributed by atoms with Crippen LogP contribution in [-0.2, 0) is 4.79 Å². The van der Waals surface area contributed by atoms with Crippen molar-refractivity contribution in [1.82, 2.24) is 9.80 Å². The van der Waals surface area contributed by atoms with Gasteiger partial charge in [-0.15, -0.1) is 10.8 Å². The van der Waals surface area contributed by atoms with Gasteiger partial charge in [0.1, 0.15) is 0 Å². The highest BCUT2D eigenvalue weighted by atomic mass is 32.3. The molecule has 0 aliphatic carbocycles. The first-order valence-corrected chi connectivity index (χ1v) is 13.8. The molecule has 182 valence electrons. The molecule has 8 nitrogen and oxygen atoms in total. The molecule has 2 aliphatic heterocycles. The summed E-state index contributed by atoms with van der Waals surface area (Å²) in [5.41, 5.74) is 7.09. The number of piperazine rings is 1. The molecule has 10 heteroatoms. The highest BCUT2D eigenvalue weighted by Crippen LogP contribution is 2.40. The normalized spacial score (nSPS) is 18.3. The van der Waals surface area contributed by atoms with Crippen molar-refractivity contribution >= 4 is 49.9 Å². The van der Waals surface area contributed by atoms with Crippen molar-refractivity contribution in [2.75, 3.05) is 49.7 Å². The molecule has 1 fully saturated rings. The molecule has 2 aliphatic rings. The van der Waals surface area contributed by atoms with E-state index in [2.05, 4.69) is 19.5 Å². The molecule has 4 rings (SSSR count). The van der Waals surface area contributed by atoms with Gasteiger partial charge in [0.15, 0.2) is 0 Å². The molecule has 0 saturated carbocycles. The molecule has 0 aromatic heterocycles. The van der Waals surface area contributed by atoms with E-state index in [-0.39, 0.29) is 18.1 Å². The molecule has 2 aromatic carbocycles. The molecule has 0 bridgehead atoms. The Balaban J connectivity index is 1.24. The van der Waals surface area contributed by atoms with Gasteiger partial charge >= 0.3 is 0 Å². The number of fused-ring (bicyclic) bond motifs is 1. The van der Waals surface area contributed by atoms with Crippen molar-refractivity contribution in [2.45, 2.75) is 6.42 Å². The lowest BCUT2D eigenvalue weighted by atomic mass is 10.1. The lowest BCUT2D eigenvalue weighted by Crippen LogP contribution is -2.47. The Morgan fingerprint density at radius 2 is 1.82 bits per heavy atom. The summed E-state index contributed by atoms with van der Waals surface area (Å²) in [6, 6.07) is 13.7. The molecule has 2 aromatic rings. The molecule has 1 saturated heterocycles. The molecule has 0 unspecified atom stereocenters. The summed E-state index contributed by atoms with van der Waals surface area (Å²) in [6.45, 7) is 4.93. The van der Waals surface area contributed by atoms with Crippen molar-refractivity contribution in [3.63, 3.8) is 0 Å². The third kappa shape index (κ3) is 7.08. The topological polar surface area (TPSA) is 114 Å². The fourth-order valence-electron chi connectivity index (χ4n) is 3.99. The van der Waals surface area contributed by atoms with Crippen LogP contribution in [0.1, 0.15) is 6.42 Å². The van der Waals surface area contributed by atoms with E-state index in [9.17, 15) is 13.9 Å². The summed E-state index contributed by atoms with van der Waals surface area (Å²) in [5.74, 6) is -0.102. The van der Waals surface area contributed by atoms with E-state index < -0.39 is 10.8 Å². The smallest absolute Gasteiger partial charge is 0.224 e. The second-order valence-corrected chi connectivity index (χ2v) is 11.3. The number of carbonyl (C=O) groups excluding carboxylic acids is 1. The third-order valence-corrected chi connectivity index (χ3v) is 7.90. The van der Waals surface area contributed by atoms with Crippen LogP contribution in [0.25, 0.3) is 10.8 Å². The number of carbonyl (C=O) groups is 1. The number of primary amides is 1. The van der Waals surface area contributed by atoms with Gasteiger partial charge in [0, 0.05) is 50.9 Å². The van der Waals surface area contributed by atoms with E-state index in [1.165, 1.54) is 11.8 Å². The zero-order chi connectivity index (χ0) is 24.0. The predicted octanol–water partition coefficient (Wildman–Crippen LogP) is 3.95. The number of amides is 1. The van der Waals surface area contributed by atoms with Crippen LogP contribution in [0.4, 0.5) is 5.69 Å². The van der Waals surface area contributed by atoms with Crippen molar-refractivity contribution in [1.29, 1.82) is 0 Å². The summed E-state index contributed by atoms with van der Waals surface area (Å²) in [5, 5.41) is 4.69. The second kappa shape index (κ2) is 11.4. The minimum atomic E-state index is -2.95. The summed E-state index contributed by atoms with van der Waals surface area (Å²) >= 11 is 1.43. The fraction of sp³-hybridized carbons (Fsp3) is 0.333. The molecular formula is C24H31N5O3S2. The largest absolute Gasteiger partial charge is 0.369 e. The average molecular weight is 502 g/mol. The van der Waals surface area contributed by atoms with Crippen LogP contribution in [0.5, 0.6) is 0 Å². The minimum absolute atomic E-state index is 0.159. The number of benzene rings is 2. The van der Waals surface area contributed by atoms with E-state index in [4.69, 9.17) is 5.73 Å². The van der Waals surface area contributed by atoms with E-state index in [1.807, 2.05) is 60.1 Å². The van der Waals surface area contributed by atoms with Crippen molar-refractivity contribution in [2.24, 2.45) is 10.7 Å². The quantitative estimate of drug-likeness (QED) is 0.411. The molecule has 1 amide bonds. The van der Waals surface area contributed by atoms with Crippen LogP contribution in [0.3, 0.4) is 0 Å². The number of hydrogen-bond donors (Lipinski definition) is 4. The molecule has 5 N–H and O–H groups in total. The second-order valence-electron chi connectivity index (χ2n) is 8.41. The van der Waals surface area contributed by atoms with Crippen molar-refractivity contribution in [3.05, 3.63) is 65.7 Å². The zero-order valence-corrected chi connectivity index (χ0v) is 20.6. The van der Waals surface area contributed by atoms with Gasteiger partial charge in [-0.25, -0.2) is 0 Å². The van der Waals surface area contributed by atoms with Crippen molar-refractivity contribution in [3.8, 4) is 0 Å². The molecule has 0 atom stereocenters. The predicted molar refractivity (Wildman–Crippen MR) is 144 cm³/mol. The first-order valence-electron chi connectivity index (χ1n) is 11.2. The Bertz CT molecular complexity index is 1110. The van der Waals surface area contributed by atoms with Gasteiger partial charge in [-0.1, -0.05) is 48.2 Å². The Morgan fingerprint density at radius 1 is 1.09 bits per heavy atom. The van der Waals surface area contributed by atoms with Gasteiger partial charge in [-0.2, -0.15) is 0 Å². The molecular weight excluding hydrogens is 470 g/mol. The zero-order valence-electron chi connectivity index (χ0n) is 19.0. The van der Waals surface area contributed by atoms with Gasteiger partial charge < -0.3 is 5.73 Å². The molecule has 2 heterocycles. The maximum Gasteiger partial charge on any atom is 0.224 e. The Hall–Kier alpha value is -2.34. The maximum absolute atomic E-state index is 11.1. The first-order chi connectivity index (χ1) is 16.4. The number of rotatable bonds is 9. The van der Waals surface area contributed by atoms with E-state index >= 15 is 0 Å². The molecule has 0 spiro atoms. The standard InChI is InChI=1S/C24H31N5O3S2/c25-23(30)16-24-26-17-19(8-14-33-24)18-29-11-9-28(10-12-29)13-15-34(31,32)27-22-7-3-5-20-4-1-2-6-21(20)22/h1-8,14,17,27,31-32H,9-13,15-16,18H2,(H2,25,30). The third-order valence-electron chi connectivity index (χ3n) is 5.81. The lowest BCUT2D eigenvalue weighted by molar-refractivity contribution is -0.116. The number of nitrogens with one attached hydrogen (secondary N) is 1. The Kier molecular flexibility index (Phi) is 8.30. The number of nitrogens with zero attached hydrogens (tertiary/aromatic N) is 3. The monoisotopic (exact) mass is 501 g/mol. The van der Waals surface area contributed by atoms with Gasteiger partial charge in [0.2, 0.25) is 5.91 Å². The van der Waals surface area contributed by atoms with Gasteiger partial charge in [0.05, 0.1) is 22.9 Å². The van der Waals surface area contributed by atoms with E-state index in [0.717, 1.165) is 54.8 Å². The molecule has 34 heavy (non-hydrogen) atoms. The lowest BCUT2D eigenvalue weighted by Gasteiger charge is -2.39. The number of thioether (sulfide) groups is 1. The van der Waals surface area contributed by atoms with Crippen molar-refractivity contribution < 1.29 is 13.9 Å². The van der Waals surface area contributed by atoms with Gasteiger partial charge in [0.25, 0.3) is 0 Å². The maximum atomic E-state index is 11.1. The Labute approximate surface area is 206 Å². The average Bonchev–Trinajstić information content (AvgIpc) is 3.03. The van der Waals surface area contributed by atoms with Crippen LogP contribution in [0.2, 0.25) is 0 Å². The highest BCUT2D eigenvalue weighted by Gasteiger charge is 2.21. The fourth-order valence-corrected chi connectivity index (χ4v) is 5.87. The summed E-state index contributed by atoms with van der Waals surface area (Å²) < 4.78 is 24.3. The van der Waals surface area contributed by atoms with E-state index in [1.54, 1.807) is 0 Å². The van der Waals surface area contributed by atoms with Gasteiger partial charge in [-0.3, -0.25) is 33.4 Å². The van der Waals surface area contributed by atoms with Crippen LogP contribution >= 0.6 is 22.5 Å². The SMILES string of the molecule is NC(=O)CC1=NC=C(CN2CCN(CCS(O)(O)Nc3cccc4ccccc34)CC2)C=CS1. The summed E-state index contributed by atoms with van der Waals surface area (Å²) in [6.07, 6.45) is 4.00. The number of anilines is 1. The molecule has 0 radical (unpaired) electrons. The van der Waals surface area contributed by atoms with Crippen LogP contribution in [0, 0.1) is 0 Å². The van der Waals surface area contributed by atoms with Crippen LogP contribution in [0.15, 0.2) is 70.7 Å². The summed E-state index contributed by atoms with van der Waals surface area (Å²) in [4.78, 5) is 20.1. The summed E-state index contributed by atoms with van der Waals surface area (Å²) in [7, 11) is -2.95. The van der Waals surface area contributed by atoms with Gasteiger partial charge in [-0.05, 0) is 28.5 Å². The minimum Gasteiger partial charge on any atom is -0.369 e.